The summed E-state index contributed by atoms with van der Waals surface area (Å²) in [7, 11) is 0. The lowest BCUT2D eigenvalue weighted by molar-refractivity contribution is 0.0524. The number of hydrogen-bond donors (Lipinski definition) is 1. The molecule has 3 aromatic heterocycles. The molecule has 114 valence electrons. The van der Waals surface area contributed by atoms with Crippen molar-refractivity contribution in [1.82, 2.24) is 14.4 Å². The van der Waals surface area contributed by atoms with Gasteiger partial charge in [0.1, 0.15) is 5.56 Å². The summed E-state index contributed by atoms with van der Waals surface area (Å²) < 4.78 is 6.77. The van der Waals surface area contributed by atoms with E-state index in [0.717, 1.165) is 5.69 Å². The molecule has 0 radical (unpaired) electrons. The van der Waals surface area contributed by atoms with Crippen LogP contribution in [-0.4, -0.2) is 26.9 Å². The number of carbonyl (C=O) groups excluding carboxylic acids is 1. The lowest BCUT2D eigenvalue weighted by Crippen LogP contribution is -2.18. The molecule has 0 aliphatic rings. The van der Waals surface area contributed by atoms with Gasteiger partial charge in [-0.3, -0.25) is 4.79 Å². The zero-order valence-electron chi connectivity index (χ0n) is 12.7. The summed E-state index contributed by atoms with van der Waals surface area (Å²) in [6.07, 6.45) is 5.12. The van der Waals surface area contributed by atoms with Crippen LogP contribution in [0.25, 0.3) is 16.6 Å². The first-order chi connectivity index (χ1) is 10.5. The maximum atomic E-state index is 12.5. The van der Waals surface area contributed by atoms with Crippen LogP contribution in [-0.2, 0) is 4.74 Å². The van der Waals surface area contributed by atoms with Gasteiger partial charge in [-0.2, -0.15) is 0 Å². The third kappa shape index (κ3) is 2.16. The second kappa shape index (κ2) is 5.29. The van der Waals surface area contributed by atoms with Gasteiger partial charge in [-0.05, 0) is 18.9 Å². The van der Waals surface area contributed by atoms with Crippen molar-refractivity contribution in [3.8, 4) is 0 Å². The molecule has 6 heteroatoms. The van der Waals surface area contributed by atoms with Gasteiger partial charge in [0.15, 0.2) is 5.65 Å². The van der Waals surface area contributed by atoms with Gasteiger partial charge in [0.2, 0.25) is 5.43 Å². The van der Waals surface area contributed by atoms with Gasteiger partial charge in [-0.25, -0.2) is 9.78 Å². The molecule has 3 heterocycles. The number of esters is 1. The minimum Gasteiger partial charge on any atom is -0.462 e. The van der Waals surface area contributed by atoms with Crippen LogP contribution < -0.4 is 5.43 Å². The Morgan fingerprint density at radius 1 is 1.45 bits per heavy atom. The molecule has 0 atom stereocenters. The molecule has 0 saturated carbocycles. The van der Waals surface area contributed by atoms with E-state index >= 15 is 0 Å². The lowest BCUT2D eigenvalue weighted by Gasteiger charge is -2.04. The first kappa shape index (κ1) is 14.3. The maximum Gasteiger partial charge on any atom is 0.343 e. The van der Waals surface area contributed by atoms with Crippen LogP contribution in [0.3, 0.4) is 0 Å². The van der Waals surface area contributed by atoms with Gasteiger partial charge >= 0.3 is 5.97 Å². The Hall–Kier alpha value is -2.63. The van der Waals surface area contributed by atoms with Gasteiger partial charge in [-0.15, -0.1) is 0 Å². The van der Waals surface area contributed by atoms with Crippen LogP contribution in [0.2, 0.25) is 0 Å². The van der Waals surface area contributed by atoms with E-state index in [4.69, 9.17) is 4.74 Å². The molecular weight excluding hydrogens is 282 g/mol. The number of H-pyrrole nitrogens is 1. The first-order valence-corrected chi connectivity index (χ1v) is 7.23. The topological polar surface area (TPSA) is 76.5 Å². The van der Waals surface area contributed by atoms with E-state index in [1.54, 1.807) is 19.2 Å². The van der Waals surface area contributed by atoms with E-state index in [2.05, 4.69) is 23.8 Å². The Labute approximate surface area is 126 Å². The first-order valence-electron chi connectivity index (χ1n) is 7.23. The number of pyridine rings is 2. The molecule has 6 nitrogen and oxygen atoms in total. The summed E-state index contributed by atoms with van der Waals surface area (Å²) in [4.78, 5) is 31.9. The van der Waals surface area contributed by atoms with Gasteiger partial charge in [0.05, 0.1) is 23.2 Å². The molecule has 1 N–H and O–H groups in total. The molecule has 0 aliphatic carbocycles. The monoisotopic (exact) mass is 299 g/mol. The zero-order valence-corrected chi connectivity index (χ0v) is 12.7. The Morgan fingerprint density at radius 2 is 2.23 bits per heavy atom. The average molecular weight is 299 g/mol. The predicted molar refractivity (Wildman–Crippen MR) is 83.4 cm³/mol. The van der Waals surface area contributed by atoms with Crippen LogP contribution in [0.15, 0.2) is 29.5 Å². The predicted octanol–water partition coefficient (Wildman–Crippen LogP) is 2.48. The summed E-state index contributed by atoms with van der Waals surface area (Å²) in [6, 6.07) is 1.69. The molecule has 0 amide bonds. The molecule has 0 aromatic carbocycles. The van der Waals surface area contributed by atoms with Crippen molar-refractivity contribution in [2.24, 2.45) is 0 Å². The fourth-order valence-electron chi connectivity index (χ4n) is 2.39. The molecule has 3 aromatic rings. The van der Waals surface area contributed by atoms with Crippen LogP contribution in [0.4, 0.5) is 0 Å². The van der Waals surface area contributed by atoms with Gasteiger partial charge in [0, 0.05) is 18.6 Å². The van der Waals surface area contributed by atoms with E-state index in [1.807, 2.05) is 10.6 Å². The molecule has 0 fully saturated rings. The highest BCUT2D eigenvalue weighted by atomic mass is 16.5. The summed E-state index contributed by atoms with van der Waals surface area (Å²) in [5.74, 6) is -0.322. The van der Waals surface area contributed by atoms with Gasteiger partial charge < -0.3 is 14.1 Å². The molecule has 0 spiro atoms. The standard InChI is InChI=1S/C16H17N3O3/c1-4-22-16(21)11-7-17-13-10(14(11)20)5-6-19-8-12(9(2)3)18-15(13)19/h5-9H,4H2,1-3H3,(H,17,20). The van der Waals surface area contributed by atoms with E-state index in [9.17, 15) is 9.59 Å². The molecule has 3 rings (SSSR count). The quantitative estimate of drug-likeness (QED) is 0.754. The number of aromatic nitrogens is 3. The van der Waals surface area contributed by atoms with Crippen molar-refractivity contribution in [3.05, 3.63) is 46.1 Å². The SMILES string of the molecule is CCOC(=O)c1c[nH]c2c(ccn3cc(C(C)C)nc23)c1=O. The fourth-order valence-corrected chi connectivity index (χ4v) is 2.39. The average Bonchev–Trinajstić information content (AvgIpc) is 2.92. The highest BCUT2D eigenvalue weighted by Gasteiger charge is 2.16. The molecule has 0 unspecified atom stereocenters. The number of nitrogens with zero attached hydrogens (tertiary/aromatic N) is 2. The van der Waals surface area contributed by atoms with E-state index < -0.39 is 5.97 Å². The Kier molecular flexibility index (Phi) is 3.44. The van der Waals surface area contributed by atoms with Crippen molar-refractivity contribution < 1.29 is 9.53 Å². The third-order valence-electron chi connectivity index (χ3n) is 3.58. The smallest absolute Gasteiger partial charge is 0.343 e. The molecule has 22 heavy (non-hydrogen) atoms. The summed E-state index contributed by atoms with van der Waals surface area (Å²) >= 11 is 0. The largest absolute Gasteiger partial charge is 0.462 e. The minimum atomic E-state index is -0.614. The van der Waals surface area contributed by atoms with E-state index in [-0.39, 0.29) is 17.6 Å². The van der Waals surface area contributed by atoms with E-state index in [0.29, 0.717) is 22.5 Å². The Bertz CT molecular complexity index is 921. The molecule has 0 saturated heterocycles. The molecular formula is C16H17N3O3. The summed E-state index contributed by atoms with van der Waals surface area (Å²) in [5.41, 5.74) is 1.90. The van der Waals surface area contributed by atoms with Crippen molar-refractivity contribution in [2.45, 2.75) is 26.7 Å². The van der Waals surface area contributed by atoms with Crippen molar-refractivity contribution in [3.63, 3.8) is 0 Å². The number of rotatable bonds is 3. The zero-order chi connectivity index (χ0) is 15.9. The second-order valence-corrected chi connectivity index (χ2v) is 5.41. The number of ether oxygens (including phenoxy) is 1. The highest BCUT2D eigenvalue weighted by molar-refractivity contribution is 5.96. The normalized spacial score (nSPS) is 11.5. The number of imidazole rings is 1. The van der Waals surface area contributed by atoms with Gasteiger partial charge in [0.25, 0.3) is 0 Å². The van der Waals surface area contributed by atoms with Crippen LogP contribution in [0.1, 0.15) is 42.7 Å². The van der Waals surface area contributed by atoms with Crippen LogP contribution >= 0.6 is 0 Å². The van der Waals surface area contributed by atoms with E-state index in [1.165, 1.54) is 6.20 Å². The summed E-state index contributed by atoms with van der Waals surface area (Å²) in [5, 5.41) is 0.430. The fraction of sp³-hybridized carbons (Fsp3) is 0.312. The number of aromatic amines is 1. The second-order valence-electron chi connectivity index (χ2n) is 5.41. The third-order valence-corrected chi connectivity index (χ3v) is 3.58. The number of hydrogen-bond acceptors (Lipinski definition) is 4. The Morgan fingerprint density at radius 3 is 2.91 bits per heavy atom. The molecule has 0 bridgehead atoms. The number of carbonyl (C=O) groups is 1. The minimum absolute atomic E-state index is 0.00865. The maximum absolute atomic E-state index is 12.5. The number of fused-ring (bicyclic) bond motifs is 3. The van der Waals surface area contributed by atoms with Crippen molar-refractivity contribution >= 4 is 22.5 Å². The highest BCUT2D eigenvalue weighted by Crippen LogP contribution is 2.19. The van der Waals surface area contributed by atoms with Crippen molar-refractivity contribution in [2.75, 3.05) is 6.61 Å². The molecule has 0 aliphatic heterocycles. The number of nitrogens with one attached hydrogen (secondary N) is 1. The van der Waals surface area contributed by atoms with Gasteiger partial charge in [-0.1, -0.05) is 13.8 Å². The van der Waals surface area contributed by atoms with Crippen LogP contribution in [0, 0.1) is 0 Å². The lowest BCUT2D eigenvalue weighted by atomic mass is 10.2. The summed E-state index contributed by atoms with van der Waals surface area (Å²) in [6.45, 7) is 6.05. The van der Waals surface area contributed by atoms with Crippen LogP contribution in [0.5, 0.6) is 0 Å². The van der Waals surface area contributed by atoms with Crippen molar-refractivity contribution in [1.29, 1.82) is 0 Å². The Balaban J connectivity index is 2.26.